The fourth-order valence-electron chi connectivity index (χ4n) is 4.37. The lowest BCUT2D eigenvalue weighted by molar-refractivity contribution is -0.141. The van der Waals surface area contributed by atoms with Gasteiger partial charge in [-0.3, -0.25) is 9.32 Å². The first kappa shape index (κ1) is 26.6. The van der Waals surface area contributed by atoms with Gasteiger partial charge in [0.2, 0.25) is 11.8 Å². The summed E-state index contributed by atoms with van der Waals surface area (Å²) in [6, 6.07) is 6.95. The molecule has 1 aliphatic carbocycles. The van der Waals surface area contributed by atoms with Crippen LogP contribution in [0.15, 0.2) is 48.8 Å². The third-order valence-corrected chi connectivity index (χ3v) is 8.38. The number of carbonyl (C=O) groups is 1. The predicted molar refractivity (Wildman–Crippen MR) is 137 cm³/mol. The molecule has 13 heteroatoms. The summed E-state index contributed by atoms with van der Waals surface area (Å²) >= 11 is 0. The minimum Gasteiger partial charge on any atom is -0.480 e. The second-order valence-electron chi connectivity index (χ2n) is 9.02. The zero-order valence-electron chi connectivity index (χ0n) is 21.1. The van der Waals surface area contributed by atoms with Crippen LogP contribution in [0.4, 0.5) is 5.95 Å². The average molecular weight is 531 g/mol. The summed E-state index contributed by atoms with van der Waals surface area (Å²) < 4.78 is 34.4. The van der Waals surface area contributed by atoms with Crippen LogP contribution >= 0.6 is 7.75 Å². The summed E-state index contributed by atoms with van der Waals surface area (Å²) in [5, 5.41) is 9.67. The lowest BCUT2D eigenvalue weighted by Gasteiger charge is -2.35. The quantitative estimate of drug-likeness (QED) is 0.274. The molecule has 4 atom stereocenters. The van der Waals surface area contributed by atoms with E-state index in [2.05, 4.69) is 15.0 Å². The standard InChI is InChI=1S/C24H31N6O6P/c1-15(2)30(16(3)23(31)32)37(33,36-19-8-6-5-7-9-19)35-13-17-10-11-18(12-17)29-14-26-20-21(29)27-24(25)28-22(20)34-4/h5-11,14-18H,12-13H2,1-4H3,(H,31,32)(H2,25,27,28)/t16-,17+,18-,37?/m0/s1. The van der Waals surface area contributed by atoms with Crippen LogP contribution in [0.3, 0.4) is 0 Å². The number of nitrogens with zero attached hydrogens (tertiary/aromatic N) is 5. The van der Waals surface area contributed by atoms with Crippen LogP contribution in [-0.2, 0) is 13.9 Å². The number of imidazole rings is 1. The minimum absolute atomic E-state index is 0.0553. The van der Waals surface area contributed by atoms with E-state index in [1.807, 2.05) is 16.7 Å². The van der Waals surface area contributed by atoms with Gasteiger partial charge in [0.15, 0.2) is 11.2 Å². The van der Waals surface area contributed by atoms with Crippen LogP contribution in [-0.4, -0.2) is 61.1 Å². The van der Waals surface area contributed by atoms with Crippen molar-refractivity contribution in [3.8, 4) is 11.6 Å². The molecule has 0 bridgehead atoms. The van der Waals surface area contributed by atoms with Gasteiger partial charge in [-0.05, 0) is 39.3 Å². The van der Waals surface area contributed by atoms with Crippen LogP contribution in [0.1, 0.15) is 33.2 Å². The van der Waals surface area contributed by atoms with Crippen molar-refractivity contribution in [3.63, 3.8) is 0 Å². The number of methoxy groups -OCH3 is 1. The van der Waals surface area contributed by atoms with E-state index in [9.17, 15) is 14.5 Å². The molecule has 1 aromatic carbocycles. The molecule has 0 saturated carbocycles. The number of benzene rings is 1. The maximum absolute atomic E-state index is 14.2. The fourth-order valence-corrected chi connectivity index (χ4v) is 6.51. The lowest BCUT2D eigenvalue weighted by atomic mass is 10.1. The SMILES string of the molecule is COc1nc(N)nc2c1ncn2[C@H]1C=C[C@@H](COP(=O)(Oc2ccccc2)N(C(C)C)[C@@H](C)C(=O)O)C1. The van der Waals surface area contributed by atoms with Gasteiger partial charge in [0, 0.05) is 12.0 Å². The Labute approximate surface area is 214 Å². The van der Waals surface area contributed by atoms with Crippen LogP contribution in [0.25, 0.3) is 11.2 Å². The van der Waals surface area contributed by atoms with Gasteiger partial charge < -0.3 is 24.7 Å². The zero-order valence-corrected chi connectivity index (χ0v) is 22.0. The molecular weight excluding hydrogens is 499 g/mol. The monoisotopic (exact) mass is 530 g/mol. The van der Waals surface area contributed by atoms with E-state index in [0.29, 0.717) is 29.2 Å². The number of ether oxygens (including phenoxy) is 1. The highest BCUT2D eigenvalue weighted by Crippen LogP contribution is 2.55. The van der Waals surface area contributed by atoms with Gasteiger partial charge in [0.05, 0.1) is 26.1 Å². The number of allylic oxidation sites excluding steroid dienone is 1. The Bertz CT molecular complexity index is 1330. The number of hydrogen-bond acceptors (Lipinski definition) is 9. The van der Waals surface area contributed by atoms with Crippen molar-refractivity contribution in [2.45, 2.75) is 45.3 Å². The highest BCUT2D eigenvalue weighted by atomic mass is 31.2. The van der Waals surface area contributed by atoms with Crippen molar-refractivity contribution < 1.29 is 28.3 Å². The van der Waals surface area contributed by atoms with Crippen molar-refractivity contribution in [3.05, 3.63) is 48.8 Å². The molecule has 0 saturated heterocycles. The molecule has 3 N–H and O–H groups in total. The van der Waals surface area contributed by atoms with E-state index in [1.54, 1.807) is 50.5 Å². The van der Waals surface area contributed by atoms with Crippen LogP contribution in [0.2, 0.25) is 0 Å². The van der Waals surface area contributed by atoms with Crippen molar-refractivity contribution in [1.29, 1.82) is 0 Å². The molecule has 2 heterocycles. The molecule has 0 amide bonds. The van der Waals surface area contributed by atoms with E-state index < -0.39 is 25.8 Å². The Morgan fingerprint density at radius 1 is 1.24 bits per heavy atom. The Kier molecular flexibility index (Phi) is 7.82. The van der Waals surface area contributed by atoms with Crippen molar-refractivity contribution in [1.82, 2.24) is 24.2 Å². The number of fused-ring (bicyclic) bond motifs is 1. The van der Waals surface area contributed by atoms with Crippen molar-refractivity contribution in [2.75, 3.05) is 19.5 Å². The van der Waals surface area contributed by atoms with Gasteiger partial charge in [-0.15, -0.1) is 0 Å². The Hall–Kier alpha value is -3.47. The number of carboxylic acid groups (broad SMARTS) is 1. The summed E-state index contributed by atoms with van der Waals surface area (Å²) in [4.78, 5) is 24.6. The molecule has 0 fully saturated rings. The van der Waals surface area contributed by atoms with E-state index >= 15 is 0 Å². The van der Waals surface area contributed by atoms with E-state index in [-0.39, 0.29) is 24.5 Å². The maximum Gasteiger partial charge on any atom is 0.462 e. The third-order valence-electron chi connectivity index (χ3n) is 6.09. The molecule has 2 aromatic heterocycles. The molecule has 0 radical (unpaired) electrons. The van der Waals surface area contributed by atoms with Crippen molar-refractivity contribution in [2.24, 2.45) is 5.92 Å². The summed E-state index contributed by atoms with van der Waals surface area (Å²) in [6.07, 6.45) is 6.21. The number of carboxylic acids is 1. The number of aliphatic carboxylic acids is 1. The van der Waals surface area contributed by atoms with Gasteiger partial charge >= 0.3 is 13.7 Å². The third kappa shape index (κ3) is 5.61. The average Bonchev–Trinajstić information content (AvgIpc) is 3.49. The number of nitrogens with two attached hydrogens (primary N) is 1. The topological polar surface area (TPSA) is 155 Å². The number of anilines is 1. The summed E-state index contributed by atoms with van der Waals surface area (Å²) in [5.41, 5.74) is 6.88. The van der Waals surface area contributed by atoms with E-state index in [4.69, 9.17) is 19.5 Å². The molecule has 37 heavy (non-hydrogen) atoms. The molecule has 12 nitrogen and oxygen atoms in total. The molecule has 4 rings (SSSR count). The summed E-state index contributed by atoms with van der Waals surface area (Å²) in [6.45, 7) is 5.02. The van der Waals surface area contributed by atoms with E-state index in [1.165, 1.54) is 18.7 Å². The molecule has 0 aliphatic heterocycles. The molecule has 1 unspecified atom stereocenters. The zero-order chi connectivity index (χ0) is 26.7. The smallest absolute Gasteiger partial charge is 0.462 e. The van der Waals surface area contributed by atoms with Crippen molar-refractivity contribution >= 4 is 30.8 Å². The number of nitrogen functional groups attached to an aromatic ring is 1. The fraction of sp³-hybridized carbons (Fsp3) is 0.417. The Morgan fingerprint density at radius 2 is 1.97 bits per heavy atom. The largest absolute Gasteiger partial charge is 0.480 e. The molecular formula is C24H31N6O6P. The second kappa shape index (κ2) is 10.9. The maximum atomic E-state index is 14.2. The lowest BCUT2D eigenvalue weighted by Crippen LogP contribution is -2.42. The number of rotatable bonds is 11. The number of aromatic nitrogens is 4. The van der Waals surface area contributed by atoms with Crippen LogP contribution in [0, 0.1) is 5.92 Å². The van der Waals surface area contributed by atoms with Gasteiger partial charge in [0.25, 0.3) is 0 Å². The van der Waals surface area contributed by atoms with Crippen LogP contribution in [0.5, 0.6) is 11.6 Å². The van der Waals surface area contributed by atoms with Gasteiger partial charge in [0.1, 0.15) is 11.8 Å². The first-order chi connectivity index (χ1) is 17.6. The predicted octanol–water partition coefficient (Wildman–Crippen LogP) is 3.92. The summed E-state index contributed by atoms with van der Waals surface area (Å²) in [7, 11) is -2.57. The normalized spacial score (nSPS) is 19.8. The van der Waals surface area contributed by atoms with E-state index in [0.717, 1.165) is 0 Å². The molecule has 198 valence electrons. The Morgan fingerprint density at radius 3 is 2.62 bits per heavy atom. The molecule has 3 aromatic rings. The second-order valence-corrected chi connectivity index (χ2v) is 10.9. The van der Waals surface area contributed by atoms with Gasteiger partial charge in [-0.1, -0.05) is 30.4 Å². The highest BCUT2D eigenvalue weighted by molar-refractivity contribution is 7.51. The molecule has 0 spiro atoms. The number of hydrogen-bond donors (Lipinski definition) is 2. The minimum atomic E-state index is -4.06. The van der Waals surface area contributed by atoms with Crippen LogP contribution < -0.4 is 15.0 Å². The number of para-hydroxylation sites is 1. The first-order valence-electron chi connectivity index (χ1n) is 11.9. The van der Waals surface area contributed by atoms with Gasteiger partial charge in [-0.25, -0.2) is 9.55 Å². The Balaban J connectivity index is 1.54. The highest BCUT2D eigenvalue weighted by Gasteiger charge is 2.44. The summed E-state index contributed by atoms with van der Waals surface area (Å²) in [5.74, 6) is -0.550. The molecule has 1 aliphatic rings. The first-order valence-corrected chi connectivity index (χ1v) is 13.4. The van der Waals surface area contributed by atoms with Gasteiger partial charge in [-0.2, -0.15) is 14.6 Å².